The van der Waals surface area contributed by atoms with Gasteiger partial charge in [0.25, 0.3) is 5.91 Å². The number of carbonyl (C=O) groups is 1. The van der Waals surface area contributed by atoms with Gasteiger partial charge in [-0.3, -0.25) is 10.1 Å². The number of benzene rings is 3. The van der Waals surface area contributed by atoms with Crippen LogP contribution in [0.25, 0.3) is 11.3 Å². The Morgan fingerprint density at radius 3 is 2.30 bits per heavy atom. The topological polar surface area (TPSA) is 46.9 Å². The number of amides is 1. The van der Waals surface area contributed by atoms with Crippen LogP contribution < -0.4 is 5.32 Å². The van der Waals surface area contributed by atoms with E-state index < -0.39 is 0 Å². The fraction of sp³-hybridized carbons (Fsp3) is 0.120. The van der Waals surface area contributed by atoms with E-state index in [0.717, 1.165) is 17.0 Å². The van der Waals surface area contributed by atoms with Gasteiger partial charge in [0, 0.05) is 29.6 Å². The molecule has 1 aromatic heterocycles. The highest BCUT2D eigenvalue weighted by atomic mass is 35.5. The van der Waals surface area contributed by atoms with Gasteiger partial charge in [-0.1, -0.05) is 71.8 Å². The summed E-state index contributed by atoms with van der Waals surface area (Å²) in [5.41, 5.74) is 5.84. The molecule has 0 unspecified atom stereocenters. The smallest absolute Gasteiger partial charge is 0.257 e. The standard InChI is InChI=1S/C25H22ClN3O/c1-17-8-10-19(11-9-17)23-22(16-18-6-4-3-5-7-18)29(2)25(27-23)28-24(30)20-12-14-21(26)15-13-20/h3-15H,16H2,1-2H3,(H,27,28,30). The molecule has 0 aliphatic carbocycles. The predicted molar refractivity (Wildman–Crippen MR) is 122 cm³/mol. The van der Waals surface area contributed by atoms with Crippen LogP contribution in [-0.2, 0) is 13.5 Å². The van der Waals surface area contributed by atoms with Gasteiger partial charge in [-0.25, -0.2) is 4.98 Å². The van der Waals surface area contributed by atoms with E-state index in [0.29, 0.717) is 23.0 Å². The highest BCUT2D eigenvalue weighted by molar-refractivity contribution is 6.30. The fourth-order valence-corrected chi connectivity index (χ4v) is 3.48. The van der Waals surface area contributed by atoms with E-state index in [9.17, 15) is 4.79 Å². The molecule has 0 bridgehead atoms. The molecule has 5 heteroatoms. The molecule has 150 valence electrons. The molecule has 4 rings (SSSR count). The van der Waals surface area contributed by atoms with Gasteiger partial charge in [-0.05, 0) is 36.8 Å². The van der Waals surface area contributed by atoms with E-state index in [2.05, 4.69) is 48.6 Å². The molecule has 0 radical (unpaired) electrons. The lowest BCUT2D eigenvalue weighted by Crippen LogP contribution is -2.15. The van der Waals surface area contributed by atoms with Crippen molar-refractivity contribution in [2.75, 3.05) is 5.32 Å². The molecular formula is C25H22ClN3O. The van der Waals surface area contributed by atoms with E-state index in [1.165, 1.54) is 11.1 Å². The van der Waals surface area contributed by atoms with Crippen molar-refractivity contribution in [3.05, 3.63) is 106 Å². The second-order valence-corrected chi connectivity index (χ2v) is 7.72. The van der Waals surface area contributed by atoms with Gasteiger partial charge in [0.2, 0.25) is 5.95 Å². The molecule has 1 N–H and O–H groups in total. The Balaban J connectivity index is 1.72. The number of halogens is 1. The van der Waals surface area contributed by atoms with Crippen LogP contribution in [-0.4, -0.2) is 15.5 Å². The molecule has 3 aromatic carbocycles. The predicted octanol–water partition coefficient (Wildman–Crippen LogP) is 5.89. The number of nitrogens with zero attached hydrogens (tertiary/aromatic N) is 2. The quantitative estimate of drug-likeness (QED) is 0.441. The van der Waals surface area contributed by atoms with Gasteiger partial charge < -0.3 is 4.57 Å². The van der Waals surface area contributed by atoms with Crippen LogP contribution in [0.1, 0.15) is 27.2 Å². The van der Waals surface area contributed by atoms with Crippen molar-refractivity contribution < 1.29 is 4.79 Å². The number of aryl methyl sites for hydroxylation is 1. The summed E-state index contributed by atoms with van der Waals surface area (Å²) < 4.78 is 1.95. The zero-order chi connectivity index (χ0) is 21.1. The molecule has 0 aliphatic heterocycles. The summed E-state index contributed by atoms with van der Waals surface area (Å²) >= 11 is 5.93. The lowest BCUT2D eigenvalue weighted by atomic mass is 10.0. The first-order valence-corrected chi connectivity index (χ1v) is 10.1. The summed E-state index contributed by atoms with van der Waals surface area (Å²) in [5, 5.41) is 3.54. The molecule has 0 spiro atoms. The van der Waals surface area contributed by atoms with Gasteiger partial charge in [-0.15, -0.1) is 0 Å². The van der Waals surface area contributed by atoms with Crippen LogP contribution >= 0.6 is 11.6 Å². The number of imidazole rings is 1. The molecule has 0 saturated heterocycles. The van der Waals surface area contributed by atoms with E-state index in [-0.39, 0.29) is 5.91 Å². The zero-order valence-electron chi connectivity index (χ0n) is 16.9. The molecule has 4 aromatic rings. The summed E-state index contributed by atoms with van der Waals surface area (Å²) in [6.07, 6.45) is 0.713. The number of nitrogens with one attached hydrogen (secondary N) is 1. The average molecular weight is 416 g/mol. The Morgan fingerprint density at radius 2 is 1.63 bits per heavy atom. The maximum absolute atomic E-state index is 12.7. The maximum Gasteiger partial charge on any atom is 0.257 e. The van der Waals surface area contributed by atoms with Crippen LogP contribution in [0.3, 0.4) is 0 Å². The van der Waals surface area contributed by atoms with Crippen molar-refractivity contribution >= 4 is 23.5 Å². The molecular weight excluding hydrogens is 394 g/mol. The second kappa shape index (κ2) is 8.56. The number of anilines is 1. The molecule has 0 saturated carbocycles. The van der Waals surface area contributed by atoms with E-state index in [1.54, 1.807) is 24.3 Å². The minimum atomic E-state index is -0.221. The van der Waals surface area contributed by atoms with Crippen molar-refractivity contribution in [1.82, 2.24) is 9.55 Å². The Bertz CT molecular complexity index is 1160. The number of carbonyl (C=O) groups excluding carboxylic acids is 1. The first kappa shape index (κ1) is 19.9. The van der Waals surface area contributed by atoms with Crippen LogP contribution in [0.2, 0.25) is 5.02 Å². The van der Waals surface area contributed by atoms with Crippen molar-refractivity contribution in [1.29, 1.82) is 0 Å². The third kappa shape index (κ3) is 4.29. The Labute approximate surface area is 181 Å². The molecule has 0 aliphatic rings. The lowest BCUT2D eigenvalue weighted by molar-refractivity contribution is 0.102. The fourth-order valence-electron chi connectivity index (χ4n) is 3.35. The third-order valence-corrected chi connectivity index (χ3v) is 5.34. The monoisotopic (exact) mass is 415 g/mol. The number of rotatable bonds is 5. The highest BCUT2D eigenvalue weighted by Crippen LogP contribution is 2.28. The SMILES string of the molecule is Cc1ccc(-c2nc(NC(=O)c3ccc(Cl)cc3)n(C)c2Cc2ccccc2)cc1. The normalized spacial score (nSPS) is 10.8. The molecule has 1 heterocycles. The van der Waals surface area contributed by atoms with Crippen LogP contribution in [0, 0.1) is 6.92 Å². The van der Waals surface area contributed by atoms with Crippen LogP contribution in [0.4, 0.5) is 5.95 Å². The Kier molecular flexibility index (Phi) is 5.68. The minimum absolute atomic E-state index is 0.221. The summed E-state index contributed by atoms with van der Waals surface area (Å²) in [6, 6.07) is 25.3. The highest BCUT2D eigenvalue weighted by Gasteiger charge is 2.19. The zero-order valence-corrected chi connectivity index (χ0v) is 17.6. The number of aromatic nitrogens is 2. The lowest BCUT2D eigenvalue weighted by Gasteiger charge is -2.09. The number of hydrogen-bond acceptors (Lipinski definition) is 2. The van der Waals surface area contributed by atoms with Gasteiger partial charge in [0.1, 0.15) is 0 Å². The van der Waals surface area contributed by atoms with Gasteiger partial charge in [0.05, 0.1) is 11.4 Å². The van der Waals surface area contributed by atoms with E-state index >= 15 is 0 Å². The summed E-state index contributed by atoms with van der Waals surface area (Å²) in [6.45, 7) is 2.06. The molecule has 0 atom stereocenters. The molecule has 0 fully saturated rings. The summed E-state index contributed by atoms with van der Waals surface area (Å²) in [5.74, 6) is 0.290. The van der Waals surface area contributed by atoms with Crippen molar-refractivity contribution in [2.24, 2.45) is 7.05 Å². The Hall–Kier alpha value is -3.37. The third-order valence-electron chi connectivity index (χ3n) is 5.08. The largest absolute Gasteiger partial charge is 0.316 e. The van der Waals surface area contributed by atoms with Gasteiger partial charge >= 0.3 is 0 Å². The Morgan fingerprint density at radius 1 is 0.967 bits per heavy atom. The molecule has 30 heavy (non-hydrogen) atoms. The summed E-state index contributed by atoms with van der Waals surface area (Å²) in [7, 11) is 1.93. The summed E-state index contributed by atoms with van der Waals surface area (Å²) in [4.78, 5) is 17.5. The second-order valence-electron chi connectivity index (χ2n) is 7.28. The first-order chi connectivity index (χ1) is 14.5. The van der Waals surface area contributed by atoms with Gasteiger partial charge in [0.15, 0.2) is 0 Å². The van der Waals surface area contributed by atoms with Crippen LogP contribution in [0.5, 0.6) is 0 Å². The van der Waals surface area contributed by atoms with E-state index in [1.807, 2.05) is 29.8 Å². The maximum atomic E-state index is 12.7. The minimum Gasteiger partial charge on any atom is -0.316 e. The molecule has 1 amide bonds. The average Bonchev–Trinajstić information content (AvgIpc) is 3.05. The van der Waals surface area contributed by atoms with E-state index in [4.69, 9.17) is 16.6 Å². The van der Waals surface area contributed by atoms with Gasteiger partial charge in [-0.2, -0.15) is 0 Å². The van der Waals surface area contributed by atoms with Crippen molar-refractivity contribution in [3.8, 4) is 11.3 Å². The number of hydrogen-bond donors (Lipinski definition) is 1. The van der Waals surface area contributed by atoms with Crippen LogP contribution in [0.15, 0.2) is 78.9 Å². The van der Waals surface area contributed by atoms with Crippen molar-refractivity contribution in [3.63, 3.8) is 0 Å². The molecule has 4 nitrogen and oxygen atoms in total. The first-order valence-electron chi connectivity index (χ1n) is 9.75. The van der Waals surface area contributed by atoms with Crippen molar-refractivity contribution in [2.45, 2.75) is 13.3 Å².